The van der Waals surface area contributed by atoms with Crippen molar-refractivity contribution < 1.29 is 27.8 Å². The van der Waals surface area contributed by atoms with Gasteiger partial charge in [0.1, 0.15) is 11.7 Å². The Morgan fingerprint density at radius 1 is 1.21 bits per heavy atom. The lowest BCUT2D eigenvalue weighted by atomic mass is 9.89. The summed E-state index contributed by atoms with van der Waals surface area (Å²) in [7, 11) is 0. The van der Waals surface area contributed by atoms with Crippen LogP contribution in [0.25, 0.3) is 11.1 Å². The van der Waals surface area contributed by atoms with Gasteiger partial charge in [0.25, 0.3) is 0 Å². The van der Waals surface area contributed by atoms with Crippen molar-refractivity contribution in [3.63, 3.8) is 0 Å². The number of halogens is 4. The topological polar surface area (TPSA) is 46.5 Å². The lowest BCUT2D eigenvalue weighted by molar-refractivity contribution is -0.217. The zero-order valence-corrected chi connectivity index (χ0v) is 12.9. The highest BCUT2D eigenvalue weighted by atomic mass is 35.5. The number of carbonyl (C=O) groups is 1. The summed E-state index contributed by atoms with van der Waals surface area (Å²) < 4.78 is 44.4. The molecule has 1 aliphatic rings. The molecule has 7 heteroatoms. The molecule has 0 saturated heterocycles. The van der Waals surface area contributed by atoms with E-state index in [2.05, 4.69) is 0 Å². The molecule has 2 aromatic carbocycles. The van der Waals surface area contributed by atoms with Gasteiger partial charge >= 0.3 is 12.1 Å². The van der Waals surface area contributed by atoms with Crippen LogP contribution in [0.2, 0.25) is 5.02 Å². The van der Waals surface area contributed by atoms with E-state index < -0.39 is 24.2 Å². The molecular formula is C17H12ClF3O3. The quantitative estimate of drug-likeness (QED) is 0.857. The summed E-state index contributed by atoms with van der Waals surface area (Å²) >= 11 is 6.22. The molecule has 0 aromatic heterocycles. The van der Waals surface area contributed by atoms with E-state index in [1.807, 2.05) is 6.07 Å². The molecule has 0 spiro atoms. The zero-order chi connectivity index (χ0) is 17.5. The van der Waals surface area contributed by atoms with Crippen LogP contribution in [0.15, 0.2) is 42.5 Å². The third-order valence-corrected chi connectivity index (χ3v) is 4.25. The van der Waals surface area contributed by atoms with Gasteiger partial charge in [-0.05, 0) is 29.7 Å². The van der Waals surface area contributed by atoms with Gasteiger partial charge in [0.05, 0.1) is 0 Å². The fourth-order valence-corrected chi connectivity index (χ4v) is 3.07. The second-order valence-electron chi connectivity index (χ2n) is 5.53. The van der Waals surface area contributed by atoms with Crippen LogP contribution in [-0.2, 0) is 11.2 Å². The van der Waals surface area contributed by atoms with E-state index in [0.29, 0.717) is 16.1 Å². The number of fused-ring (bicyclic) bond motifs is 1. The molecule has 2 aromatic rings. The van der Waals surface area contributed by atoms with Gasteiger partial charge < -0.3 is 9.84 Å². The Bertz CT molecular complexity index is 775. The van der Waals surface area contributed by atoms with Crippen LogP contribution < -0.4 is 4.74 Å². The van der Waals surface area contributed by atoms with Gasteiger partial charge in [-0.1, -0.05) is 41.9 Å². The minimum atomic E-state index is -4.77. The molecule has 24 heavy (non-hydrogen) atoms. The van der Waals surface area contributed by atoms with E-state index in [9.17, 15) is 18.0 Å². The number of ether oxygens (including phenoxy) is 1. The van der Waals surface area contributed by atoms with E-state index in [-0.39, 0.29) is 12.2 Å². The summed E-state index contributed by atoms with van der Waals surface area (Å²) in [6.07, 6.45) is -7.44. The summed E-state index contributed by atoms with van der Waals surface area (Å²) in [6, 6.07) is 11.8. The van der Waals surface area contributed by atoms with Crippen molar-refractivity contribution in [1.29, 1.82) is 0 Å². The smallest absolute Gasteiger partial charge is 0.426 e. The van der Waals surface area contributed by atoms with Crippen LogP contribution in [0.3, 0.4) is 0 Å². The molecule has 0 aliphatic carbocycles. The highest BCUT2D eigenvalue weighted by Crippen LogP contribution is 2.42. The highest BCUT2D eigenvalue weighted by Gasteiger charge is 2.52. The van der Waals surface area contributed by atoms with Crippen LogP contribution in [-0.4, -0.2) is 23.4 Å². The molecule has 0 saturated carbocycles. The molecule has 2 unspecified atom stereocenters. The Hall–Kier alpha value is -2.21. The first-order chi connectivity index (χ1) is 11.3. The van der Waals surface area contributed by atoms with Gasteiger partial charge in [-0.15, -0.1) is 0 Å². The number of hydrogen-bond acceptors (Lipinski definition) is 2. The van der Waals surface area contributed by atoms with Gasteiger partial charge in [0.15, 0.2) is 0 Å². The SMILES string of the molecule is O=C(O)C1Cc2cc(Cl)c(-c3ccccc3)cc2OC1C(F)(F)F. The van der Waals surface area contributed by atoms with Crippen molar-refractivity contribution in [2.24, 2.45) is 5.92 Å². The maximum Gasteiger partial charge on any atom is 0.426 e. The summed E-state index contributed by atoms with van der Waals surface area (Å²) in [6.45, 7) is 0. The van der Waals surface area contributed by atoms with Crippen molar-refractivity contribution in [2.45, 2.75) is 18.7 Å². The normalized spacial score (nSPS) is 20.2. The lowest BCUT2D eigenvalue weighted by Crippen LogP contribution is -2.47. The molecular weight excluding hydrogens is 345 g/mol. The van der Waals surface area contributed by atoms with E-state index >= 15 is 0 Å². The predicted octanol–water partition coefficient (Wildman–Crippen LogP) is 4.57. The average molecular weight is 357 g/mol. The van der Waals surface area contributed by atoms with Crippen LogP contribution in [0.1, 0.15) is 5.56 Å². The summed E-state index contributed by atoms with van der Waals surface area (Å²) in [4.78, 5) is 11.2. The fraction of sp³-hybridized carbons (Fsp3) is 0.235. The molecule has 2 atom stereocenters. The number of alkyl halides is 3. The molecule has 3 rings (SSSR count). The number of aliphatic carboxylic acids is 1. The van der Waals surface area contributed by atoms with E-state index in [1.54, 1.807) is 24.3 Å². The van der Waals surface area contributed by atoms with Gasteiger partial charge in [0, 0.05) is 10.6 Å². The van der Waals surface area contributed by atoms with Crippen molar-refractivity contribution in [2.75, 3.05) is 0 Å². The minimum Gasteiger partial charge on any atom is -0.481 e. The van der Waals surface area contributed by atoms with E-state index in [1.165, 1.54) is 12.1 Å². The first-order valence-electron chi connectivity index (χ1n) is 7.11. The molecule has 0 radical (unpaired) electrons. The molecule has 1 aliphatic heterocycles. The Kier molecular flexibility index (Phi) is 4.17. The van der Waals surface area contributed by atoms with Crippen LogP contribution in [0.5, 0.6) is 5.75 Å². The fourth-order valence-electron chi connectivity index (χ4n) is 2.78. The molecule has 3 nitrogen and oxygen atoms in total. The minimum absolute atomic E-state index is 0.0121. The monoisotopic (exact) mass is 356 g/mol. The molecule has 0 fully saturated rings. The third kappa shape index (κ3) is 3.06. The highest BCUT2D eigenvalue weighted by molar-refractivity contribution is 6.33. The number of benzene rings is 2. The first-order valence-corrected chi connectivity index (χ1v) is 7.49. The molecule has 0 amide bonds. The summed E-state index contributed by atoms with van der Waals surface area (Å²) in [5.74, 6) is -3.24. The number of carboxylic acid groups (broad SMARTS) is 1. The van der Waals surface area contributed by atoms with Crippen molar-refractivity contribution in [3.8, 4) is 16.9 Å². The first kappa shape index (κ1) is 16.6. The zero-order valence-electron chi connectivity index (χ0n) is 12.2. The Labute approximate surface area is 140 Å². The molecule has 1 heterocycles. The molecule has 1 N–H and O–H groups in total. The standard InChI is InChI=1S/C17H12ClF3O3/c18-13-7-10-6-12(16(22)23)15(17(19,20)21)24-14(10)8-11(13)9-4-2-1-3-5-9/h1-5,7-8,12,15H,6H2,(H,22,23). The van der Waals surface area contributed by atoms with E-state index in [4.69, 9.17) is 21.4 Å². The van der Waals surface area contributed by atoms with Crippen molar-refractivity contribution >= 4 is 17.6 Å². The Morgan fingerprint density at radius 2 is 1.88 bits per heavy atom. The van der Waals surface area contributed by atoms with Gasteiger partial charge in [0.2, 0.25) is 6.10 Å². The van der Waals surface area contributed by atoms with Crippen molar-refractivity contribution in [1.82, 2.24) is 0 Å². The predicted molar refractivity (Wildman–Crippen MR) is 82.2 cm³/mol. The van der Waals surface area contributed by atoms with Gasteiger partial charge in [-0.3, -0.25) is 4.79 Å². The third-order valence-electron chi connectivity index (χ3n) is 3.93. The molecule has 0 bridgehead atoms. The van der Waals surface area contributed by atoms with Crippen molar-refractivity contribution in [3.05, 3.63) is 53.1 Å². The number of rotatable bonds is 2. The number of hydrogen-bond donors (Lipinski definition) is 1. The molecule has 126 valence electrons. The maximum absolute atomic E-state index is 13.1. The summed E-state index contributed by atoms with van der Waals surface area (Å²) in [5, 5.41) is 9.42. The van der Waals surface area contributed by atoms with Crippen LogP contribution in [0, 0.1) is 5.92 Å². The van der Waals surface area contributed by atoms with Gasteiger partial charge in [-0.2, -0.15) is 13.2 Å². The Balaban J connectivity index is 2.06. The maximum atomic E-state index is 13.1. The second kappa shape index (κ2) is 6.02. The van der Waals surface area contributed by atoms with Crippen LogP contribution in [0.4, 0.5) is 13.2 Å². The van der Waals surface area contributed by atoms with E-state index in [0.717, 1.165) is 5.56 Å². The average Bonchev–Trinajstić information content (AvgIpc) is 2.53. The largest absolute Gasteiger partial charge is 0.481 e. The lowest BCUT2D eigenvalue weighted by Gasteiger charge is -2.33. The Morgan fingerprint density at radius 3 is 2.46 bits per heavy atom. The summed E-state index contributed by atoms with van der Waals surface area (Å²) in [5.41, 5.74) is 1.62. The number of carboxylic acids is 1. The second-order valence-corrected chi connectivity index (χ2v) is 5.94. The van der Waals surface area contributed by atoms with Gasteiger partial charge in [-0.25, -0.2) is 0 Å². The van der Waals surface area contributed by atoms with Crippen LogP contribution >= 0.6 is 11.6 Å².